The van der Waals surface area contributed by atoms with E-state index < -0.39 is 6.04 Å². The van der Waals surface area contributed by atoms with E-state index in [-0.39, 0.29) is 5.78 Å². The van der Waals surface area contributed by atoms with E-state index in [0.29, 0.717) is 11.5 Å². The molecular weight excluding hydrogens is 254 g/mol. The predicted octanol–water partition coefficient (Wildman–Crippen LogP) is 3.01. The molecule has 0 aliphatic carbocycles. The molecule has 2 N–H and O–H groups in total. The van der Waals surface area contributed by atoms with E-state index in [1.165, 1.54) is 0 Å². The van der Waals surface area contributed by atoms with E-state index in [0.717, 1.165) is 10.9 Å². The molecule has 15 heavy (non-hydrogen) atoms. The van der Waals surface area contributed by atoms with E-state index >= 15 is 0 Å². The highest BCUT2D eigenvalue weighted by atomic mass is 79.9. The highest BCUT2D eigenvalue weighted by Crippen LogP contribution is 2.18. The van der Waals surface area contributed by atoms with Crippen LogP contribution in [0.15, 0.2) is 28.7 Å². The van der Waals surface area contributed by atoms with Crippen LogP contribution in [0.3, 0.4) is 0 Å². The molecule has 1 rings (SSSR count). The molecule has 2 nitrogen and oxygen atoms in total. The van der Waals surface area contributed by atoms with E-state index in [9.17, 15) is 4.79 Å². The van der Waals surface area contributed by atoms with Crippen LogP contribution in [0.25, 0.3) is 0 Å². The molecule has 0 amide bonds. The molecule has 1 aromatic carbocycles. The summed E-state index contributed by atoms with van der Waals surface area (Å²) in [6.45, 7) is 4.13. The average molecular weight is 270 g/mol. The van der Waals surface area contributed by atoms with Crippen LogP contribution < -0.4 is 5.73 Å². The Balaban J connectivity index is 2.81. The van der Waals surface area contributed by atoms with Gasteiger partial charge in [0.25, 0.3) is 0 Å². The van der Waals surface area contributed by atoms with Gasteiger partial charge in [0.1, 0.15) is 0 Å². The van der Waals surface area contributed by atoms with Crippen LogP contribution in [0, 0.1) is 5.92 Å². The normalized spacial score (nSPS) is 12.9. The highest BCUT2D eigenvalue weighted by Gasteiger charge is 2.18. The number of nitrogens with two attached hydrogens (primary N) is 1. The maximum Gasteiger partial charge on any atom is 0.180 e. The number of benzene rings is 1. The lowest BCUT2D eigenvalue weighted by molar-refractivity contribution is 0.0950. The number of hydrogen-bond donors (Lipinski definition) is 1. The summed E-state index contributed by atoms with van der Waals surface area (Å²) in [6.07, 6.45) is 0.722. The topological polar surface area (TPSA) is 43.1 Å². The molecule has 0 fully saturated rings. The standard InChI is InChI=1S/C12H16BrNO/c1-8(2)7-11(14)12(15)9-5-3-4-6-10(9)13/h3-6,8,11H,7,14H2,1-2H3. The fourth-order valence-corrected chi connectivity index (χ4v) is 1.96. The molecule has 0 saturated carbocycles. The summed E-state index contributed by atoms with van der Waals surface area (Å²) in [5.41, 5.74) is 6.52. The molecule has 82 valence electrons. The maximum absolute atomic E-state index is 11.9. The second-order valence-electron chi connectivity index (χ2n) is 4.08. The first-order valence-electron chi connectivity index (χ1n) is 5.06. The third-order valence-electron chi connectivity index (χ3n) is 2.20. The molecule has 1 atom stereocenters. The molecule has 0 aliphatic heterocycles. The van der Waals surface area contributed by atoms with Gasteiger partial charge in [-0.2, -0.15) is 0 Å². The van der Waals surface area contributed by atoms with Crippen molar-refractivity contribution in [1.82, 2.24) is 0 Å². The lowest BCUT2D eigenvalue weighted by Gasteiger charge is -2.13. The van der Waals surface area contributed by atoms with Gasteiger partial charge >= 0.3 is 0 Å². The summed E-state index contributed by atoms with van der Waals surface area (Å²) < 4.78 is 0.814. The molecule has 0 saturated heterocycles. The quantitative estimate of drug-likeness (QED) is 0.854. The average Bonchev–Trinajstić information content (AvgIpc) is 2.16. The first kappa shape index (κ1) is 12.4. The van der Waals surface area contributed by atoms with Gasteiger partial charge in [0.2, 0.25) is 0 Å². The number of rotatable bonds is 4. The predicted molar refractivity (Wildman–Crippen MR) is 65.9 cm³/mol. The zero-order valence-corrected chi connectivity index (χ0v) is 10.6. The van der Waals surface area contributed by atoms with Crippen molar-refractivity contribution in [2.45, 2.75) is 26.3 Å². The number of hydrogen-bond acceptors (Lipinski definition) is 2. The number of carbonyl (C=O) groups is 1. The van der Waals surface area contributed by atoms with Crippen molar-refractivity contribution in [3.05, 3.63) is 34.3 Å². The smallest absolute Gasteiger partial charge is 0.180 e. The zero-order valence-electron chi connectivity index (χ0n) is 9.03. The van der Waals surface area contributed by atoms with Crippen LogP contribution >= 0.6 is 15.9 Å². The van der Waals surface area contributed by atoms with Crippen molar-refractivity contribution >= 4 is 21.7 Å². The minimum atomic E-state index is -0.399. The second kappa shape index (κ2) is 5.42. The number of ketones is 1. The molecule has 0 bridgehead atoms. The molecular formula is C12H16BrNO. The van der Waals surface area contributed by atoms with Crippen LogP contribution in [0.2, 0.25) is 0 Å². The molecule has 0 aromatic heterocycles. The minimum Gasteiger partial charge on any atom is -0.321 e. The van der Waals surface area contributed by atoms with Crippen molar-refractivity contribution in [2.75, 3.05) is 0 Å². The van der Waals surface area contributed by atoms with E-state index in [4.69, 9.17) is 5.73 Å². The summed E-state index contributed by atoms with van der Waals surface area (Å²) in [7, 11) is 0. The van der Waals surface area contributed by atoms with Crippen molar-refractivity contribution in [3.63, 3.8) is 0 Å². The largest absolute Gasteiger partial charge is 0.321 e. The fraction of sp³-hybridized carbons (Fsp3) is 0.417. The van der Waals surface area contributed by atoms with Crippen LogP contribution in [0.1, 0.15) is 30.6 Å². The van der Waals surface area contributed by atoms with Crippen LogP contribution in [0.5, 0.6) is 0 Å². The molecule has 3 heteroatoms. The van der Waals surface area contributed by atoms with Crippen LogP contribution in [-0.2, 0) is 0 Å². The summed E-state index contributed by atoms with van der Waals surface area (Å²) >= 11 is 3.36. The maximum atomic E-state index is 11.9. The van der Waals surface area contributed by atoms with E-state index in [1.54, 1.807) is 6.07 Å². The Kier molecular flexibility index (Phi) is 4.48. The molecule has 1 aromatic rings. The fourth-order valence-electron chi connectivity index (χ4n) is 1.48. The first-order chi connectivity index (χ1) is 7.02. The van der Waals surface area contributed by atoms with Crippen molar-refractivity contribution in [1.29, 1.82) is 0 Å². The first-order valence-corrected chi connectivity index (χ1v) is 5.86. The van der Waals surface area contributed by atoms with Gasteiger partial charge in [-0.05, 0) is 18.4 Å². The van der Waals surface area contributed by atoms with Gasteiger partial charge in [0, 0.05) is 10.0 Å². The third-order valence-corrected chi connectivity index (χ3v) is 2.89. The Morgan fingerprint density at radius 3 is 2.53 bits per heavy atom. The van der Waals surface area contributed by atoms with Gasteiger partial charge < -0.3 is 5.73 Å². The Morgan fingerprint density at radius 1 is 1.40 bits per heavy atom. The van der Waals surface area contributed by atoms with Gasteiger partial charge in [-0.1, -0.05) is 48.0 Å². The Morgan fingerprint density at radius 2 is 2.00 bits per heavy atom. The van der Waals surface area contributed by atoms with Crippen molar-refractivity contribution in [3.8, 4) is 0 Å². The lowest BCUT2D eigenvalue weighted by atomic mass is 9.97. The number of carbonyl (C=O) groups excluding carboxylic acids is 1. The second-order valence-corrected chi connectivity index (χ2v) is 4.93. The van der Waals surface area contributed by atoms with Gasteiger partial charge in [0.05, 0.1) is 6.04 Å². The minimum absolute atomic E-state index is 0.0103. The Labute approximate surface area is 99.0 Å². The Bertz CT molecular complexity index is 349. The molecule has 0 spiro atoms. The Hall–Kier alpha value is -0.670. The zero-order chi connectivity index (χ0) is 11.4. The van der Waals surface area contributed by atoms with Gasteiger partial charge in [0.15, 0.2) is 5.78 Å². The number of Topliss-reactive ketones (excluding diaryl/α,β-unsaturated/α-hetero) is 1. The van der Waals surface area contributed by atoms with Gasteiger partial charge in [-0.15, -0.1) is 0 Å². The highest BCUT2D eigenvalue weighted by molar-refractivity contribution is 9.10. The summed E-state index contributed by atoms with van der Waals surface area (Å²) in [5.74, 6) is 0.447. The van der Waals surface area contributed by atoms with Crippen LogP contribution in [-0.4, -0.2) is 11.8 Å². The monoisotopic (exact) mass is 269 g/mol. The summed E-state index contributed by atoms with van der Waals surface area (Å²) in [4.78, 5) is 11.9. The van der Waals surface area contributed by atoms with Crippen LogP contribution in [0.4, 0.5) is 0 Å². The van der Waals surface area contributed by atoms with Crippen molar-refractivity contribution < 1.29 is 4.79 Å². The molecule has 0 aliphatic rings. The van der Waals surface area contributed by atoms with Gasteiger partial charge in [-0.3, -0.25) is 4.79 Å². The van der Waals surface area contributed by atoms with E-state index in [1.807, 2.05) is 18.2 Å². The molecule has 0 heterocycles. The summed E-state index contributed by atoms with van der Waals surface area (Å²) in [6, 6.07) is 6.99. The van der Waals surface area contributed by atoms with Gasteiger partial charge in [-0.25, -0.2) is 0 Å². The molecule has 0 radical (unpaired) electrons. The summed E-state index contributed by atoms with van der Waals surface area (Å²) in [5, 5.41) is 0. The SMILES string of the molecule is CC(C)CC(N)C(=O)c1ccccc1Br. The third kappa shape index (κ3) is 3.43. The van der Waals surface area contributed by atoms with Crippen molar-refractivity contribution in [2.24, 2.45) is 11.7 Å². The number of halogens is 1. The lowest BCUT2D eigenvalue weighted by Crippen LogP contribution is -2.32. The van der Waals surface area contributed by atoms with E-state index in [2.05, 4.69) is 29.8 Å². The molecule has 1 unspecified atom stereocenters.